The molecule has 1 spiro atoms. The van der Waals surface area contributed by atoms with Crippen molar-refractivity contribution < 1.29 is 0 Å². The second-order valence-electron chi connectivity index (χ2n) is 25.1. The lowest BCUT2D eigenvalue weighted by atomic mass is 9.70. The van der Waals surface area contributed by atoms with Gasteiger partial charge >= 0.3 is 0 Å². The molecule has 0 saturated heterocycles. The first kappa shape index (κ1) is 50.9. The summed E-state index contributed by atoms with van der Waals surface area (Å²) in [5.74, 6) is 0. The van der Waals surface area contributed by atoms with Crippen molar-refractivity contribution in [2.24, 2.45) is 0 Å². The maximum absolute atomic E-state index is 2.54. The Morgan fingerprint density at radius 2 is 0.540 bits per heavy atom. The number of benzene rings is 13. The van der Waals surface area contributed by atoms with Gasteiger partial charge in [0.25, 0.3) is 0 Å². The fourth-order valence-corrected chi connectivity index (χ4v) is 15.8. The summed E-state index contributed by atoms with van der Waals surface area (Å²) in [4.78, 5) is 5.04. The number of rotatable bonds is 9. The molecule has 412 valence electrons. The van der Waals surface area contributed by atoms with Crippen molar-refractivity contribution in [3.63, 3.8) is 0 Å². The van der Waals surface area contributed by atoms with Crippen LogP contribution in [0.4, 0.5) is 34.1 Å². The Kier molecular flexibility index (Phi) is 11.3. The van der Waals surface area contributed by atoms with Crippen LogP contribution in [0.2, 0.25) is 0 Å². The van der Waals surface area contributed by atoms with E-state index in [9.17, 15) is 0 Å². The first-order valence-corrected chi connectivity index (χ1v) is 30.7. The minimum absolute atomic E-state index is 0.201. The van der Waals surface area contributed by atoms with Gasteiger partial charge in [-0.15, -0.1) is 0 Å². The summed E-state index contributed by atoms with van der Waals surface area (Å²) in [5.41, 5.74) is 33.6. The van der Waals surface area contributed by atoms with Crippen LogP contribution in [0.15, 0.2) is 303 Å². The molecule has 0 atom stereocenters. The van der Waals surface area contributed by atoms with Gasteiger partial charge < -0.3 is 9.80 Å². The Balaban J connectivity index is 0.948. The molecule has 0 amide bonds. The number of fused-ring (bicyclic) bond motifs is 16. The van der Waals surface area contributed by atoms with Crippen LogP contribution in [0.1, 0.15) is 72.2 Å². The fraction of sp³-hybridized carbons (Fsp3) is 0.0824. The van der Waals surface area contributed by atoms with Crippen LogP contribution >= 0.6 is 0 Å². The molecule has 0 heterocycles. The molecule has 4 aliphatic carbocycles. The van der Waals surface area contributed by atoms with Crippen molar-refractivity contribution in [3.8, 4) is 77.9 Å². The largest absolute Gasteiger partial charge is 0.310 e. The van der Waals surface area contributed by atoms with Crippen LogP contribution in [0, 0.1) is 0 Å². The zero-order valence-corrected chi connectivity index (χ0v) is 49.3. The average molecular weight is 1110 g/mol. The van der Waals surface area contributed by atoms with Gasteiger partial charge in [-0.2, -0.15) is 0 Å². The molecule has 0 aliphatic heterocycles. The van der Waals surface area contributed by atoms with Crippen LogP contribution < -0.4 is 9.80 Å². The molecular weight excluding hydrogens is 1050 g/mol. The Bertz CT molecular complexity index is 4870. The standard InChI is InChI=1S/C85H62N2/c1-83(2)73-32-16-11-26-64(73)68-49-46-62(53-79(68)83)86(59-42-38-57(39-43-59)55-22-7-5-8-23-55)61-48-51-81(87(60-44-40-58(41-45-60)56-24-9-6-10-25-56)63-47-50-69-65-27-12-17-33-74(65)84(3,4)80(69)54-63)72(52-61)70-31-21-37-78-82(70)71-30-15-20-36-77(71)85(78)75-34-18-13-28-66(75)67-29-14-19-35-76(67)85/h5-54H,1-4H3. The molecule has 13 aromatic rings. The van der Waals surface area contributed by atoms with Crippen LogP contribution in [0.25, 0.3) is 77.9 Å². The van der Waals surface area contributed by atoms with Crippen LogP contribution in [-0.4, -0.2) is 0 Å². The lowest BCUT2D eigenvalue weighted by Crippen LogP contribution is -2.25. The van der Waals surface area contributed by atoms with Gasteiger partial charge in [-0.25, -0.2) is 0 Å². The SMILES string of the molecule is CC1(C)c2ccccc2-c2ccc(N(c3ccc(-c4ccccc4)cc3)c3ccc(N(c4ccc(-c5ccccc5)cc4)c4ccc5c(c4)C(C)(C)c4ccccc4-5)c(-c4cccc5c4-c4ccccc4C54c5ccccc5-c5ccccc54)c3)cc21. The molecular formula is C85H62N2. The molecule has 0 unspecified atom stereocenters. The first-order valence-electron chi connectivity index (χ1n) is 30.7. The van der Waals surface area contributed by atoms with Crippen molar-refractivity contribution in [1.29, 1.82) is 0 Å². The van der Waals surface area contributed by atoms with Gasteiger partial charge in [-0.3, -0.25) is 0 Å². The van der Waals surface area contributed by atoms with Gasteiger partial charge in [-0.05, 0) is 184 Å². The fourth-order valence-electron chi connectivity index (χ4n) is 15.8. The van der Waals surface area contributed by atoms with E-state index in [0.29, 0.717) is 0 Å². The van der Waals surface area contributed by atoms with Gasteiger partial charge in [0.05, 0.1) is 11.1 Å². The van der Waals surface area contributed by atoms with E-state index < -0.39 is 5.41 Å². The predicted octanol–water partition coefficient (Wildman–Crippen LogP) is 22.6. The minimum atomic E-state index is -0.526. The molecule has 0 N–H and O–H groups in total. The third-order valence-corrected chi connectivity index (χ3v) is 19.9. The highest BCUT2D eigenvalue weighted by Crippen LogP contribution is 2.65. The predicted molar refractivity (Wildman–Crippen MR) is 364 cm³/mol. The molecule has 0 bridgehead atoms. The minimum Gasteiger partial charge on any atom is -0.310 e. The highest BCUT2D eigenvalue weighted by molar-refractivity contribution is 6.04. The molecule has 4 aliphatic rings. The summed E-state index contributed by atoms with van der Waals surface area (Å²) in [7, 11) is 0. The maximum Gasteiger partial charge on any atom is 0.0725 e. The summed E-state index contributed by atoms with van der Waals surface area (Å²) >= 11 is 0. The summed E-state index contributed by atoms with van der Waals surface area (Å²) < 4.78 is 0. The number of hydrogen-bond donors (Lipinski definition) is 0. The topological polar surface area (TPSA) is 6.48 Å². The van der Waals surface area contributed by atoms with Gasteiger partial charge in [-0.1, -0.05) is 264 Å². The van der Waals surface area contributed by atoms with E-state index in [2.05, 4.69) is 341 Å². The first-order chi connectivity index (χ1) is 42.7. The van der Waals surface area contributed by atoms with E-state index in [4.69, 9.17) is 0 Å². The Hall–Kier alpha value is -10.5. The highest BCUT2D eigenvalue weighted by Gasteiger charge is 2.52. The van der Waals surface area contributed by atoms with E-state index in [-0.39, 0.29) is 10.8 Å². The molecule has 87 heavy (non-hydrogen) atoms. The van der Waals surface area contributed by atoms with Gasteiger partial charge in [0.1, 0.15) is 0 Å². The third-order valence-electron chi connectivity index (χ3n) is 19.9. The maximum atomic E-state index is 2.54. The Morgan fingerprint density at radius 1 is 0.207 bits per heavy atom. The van der Waals surface area contributed by atoms with Gasteiger partial charge in [0.2, 0.25) is 0 Å². The highest BCUT2D eigenvalue weighted by atomic mass is 15.2. The van der Waals surface area contributed by atoms with Crippen molar-refractivity contribution in [3.05, 3.63) is 348 Å². The molecule has 0 radical (unpaired) electrons. The molecule has 17 rings (SSSR count). The van der Waals surface area contributed by atoms with Crippen molar-refractivity contribution in [2.45, 2.75) is 43.9 Å². The molecule has 2 heteroatoms. The van der Waals surface area contributed by atoms with Crippen molar-refractivity contribution in [2.75, 3.05) is 9.80 Å². The lowest BCUT2D eigenvalue weighted by Gasteiger charge is -2.33. The third kappa shape index (κ3) is 7.47. The monoisotopic (exact) mass is 1110 g/mol. The van der Waals surface area contributed by atoms with E-state index in [1.54, 1.807) is 0 Å². The number of anilines is 6. The molecule has 0 fully saturated rings. The summed E-state index contributed by atoms with van der Waals surface area (Å²) in [6.45, 7) is 9.55. The molecule has 13 aromatic carbocycles. The zero-order chi connectivity index (χ0) is 58.2. The lowest BCUT2D eigenvalue weighted by molar-refractivity contribution is 0.660. The van der Waals surface area contributed by atoms with Crippen molar-refractivity contribution >= 4 is 34.1 Å². The van der Waals surface area contributed by atoms with Crippen LogP contribution in [-0.2, 0) is 16.2 Å². The van der Waals surface area contributed by atoms with E-state index in [1.165, 1.54) is 117 Å². The second-order valence-corrected chi connectivity index (χ2v) is 25.1. The van der Waals surface area contributed by atoms with E-state index >= 15 is 0 Å². The zero-order valence-electron chi connectivity index (χ0n) is 49.3. The second kappa shape index (κ2) is 19.2. The van der Waals surface area contributed by atoms with Crippen LogP contribution in [0.5, 0.6) is 0 Å². The Morgan fingerprint density at radius 3 is 1.05 bits per heavy atom. The van der Waals surface area contributed by atoms with E-state index in [1.807, 2.05) is 0 Å². The van der Waals surface area contributed by atoms with Crippen molar-refractivity contribution in [1.82, 2.24) is 0 Å². The smallest absolute Gasteiger partial charge is 0.0725 e. The Labute approximate surface area is 510 Å². The summed E-state index contributed by atoms with van der Waals surface area (Å²) in [6, 6.07) is 114. The normalized spacial score (nSPS) is 14.3. The summed E-state index contributed by atoms with van der Waals surface area (Å²) in [5, 5.41) is 0. The molecule has 2 nitrogen and oxygen atoms in total. The van der Waals surface area contributed by atoms with E-state index in [0.717, 1.165) is 39.7 Å². The average Bonchev–Trinajstić information content (AvgIpc) is 1.53. The number of nitrogens with zero attached hydrogens (tertiary/aromatic N) is 2. The quantitative estimate of drug-likeness (QED) is 0.142. The molecule has 0 saturated carbocycles. The van der Waals surface area contributed by atoms with Crippen LogP contribution in [0.3, 0.4) is 0 Å². The number of hydrogen-bond acceptors (Lipinski definition) is 2. The van der Waals surface area contributed by atoms with Gasteiger partial charge in [0, 0.05) is 44.8 Å². The van der Waals surface area contributed by atoms with Gasteiger partial charge in [0.15, 0.2) is 0 Å². The summed E-state index contributed by atoms with van der Waals surface area (Å²) in [6.07, 6.45) is 0. The molecule has 0 aromatic heterocycles.